The summed E-state index contributed by atoms with van der Waals surface area (Å²) in [4.78, 5) is 22.9. The standard InChI is InChI=1S/C14H19N3O3/c15-14(19)17-9-4-7-12(16-17)13(18)20-10-8-11-5-2-1-3-6-11/h1-3,5-6,12,16H,4,7-10H2,(H2,15,19). The first-order valence-electron chi connectivity index (χ1n) is 6.70. The van der Waals surface area contributed by atoms with Crippen LogP contribution < -0.4 is 11.2 Å². The molecule has 1 unspecified atom stereocenters. The minimum absolute atomic E-state index is 0.331. The van der Waals surface area contributed by atoms with E-state index < -0.39 is 12.1 Å². The van der Waals surface area contributed by atoms with Gasteiger partial charge in [-0.15, -0.1) is 0 Å². The molecule has 1 fully saturated rings. The maximum Gasteiger partial charge on any atom is 0.329 e. The minimum atomic E-state index is -0.577. The number of carbonyl (C=O) groups excluding carboxylic acids is 2. The molecule has 0 radical (unpaired) electrons. The van der Waals surface area contributed by atoms with Gasteiger partial charge in [-0.25, -0.2) is 10.2 Å². The van der Waals surface area contributed by atoms with Crippen LogP contribution >= 0.6 is 0 Å². The average molecular weight is 277 g/mol. The van der Waals surface area contributed by atoms with E-state index in [2.05, 4.69) is 5.43 Å². The molecular weight excluding hydrogens is 258 g/mol. The fraction of sp³-hybridized carbons (Fsp3) is 0.429. The van der Waals surface area contributed by atoms with Gasteiger partial charge in [0.15, 0.2) is 0 Å². The van der Waals surface area contributed by atoms with Gasteiger partial charge >= 0.3 is 12.0 Å². The predicted molar refractivity (Wildman–Crippen MR) is 73.6 cm³/mol. The molecule has 0 bridgehead atoms. The largest absolute Gasteiger partial charge is 0.464 e. The molecule has 0 aliphatic carbocycles. The summed E-state index contributed by atoms with van der Waals surface area (Å²) < 4.78 is 5.23. The number of nitrogens with two attached hydrogens (primary N) is 1. The molecule has 1 heterocycles. The summed E-state index contributed by atoms with van der Waals surface area (Å²) in [6.07, 6.45) is 2.06. The number of nitrogens with one attached hydrogen (secondary N) is 1. The average Bonchev–Trinajstić information content (AvgIpc) is 2.48. The van der Waals surface area contributed by atoms with E-state index in [1.54, 1.807) is 0 Å². The summed E-state index contributed by atoms with van der Waals surface area (Å²) in [5, 5.41) is 1.26. The lowest BCUT2D eigenvalue weighted by atomic mass is 10.1. The van der Waals surface area contributed by atoms with Crippen molar-refractivity contribution in [1.82, 2.24) is 10.4 Å². The molecule has 1 aliphatic rings. The Kier molecular flexibility index (Phi) is 4.95. The maximum atomic E-state index is 11.9. The molecule has 1 aliphatic heterocycles. The smallest absolute Gasteiger partial charge is 0.329 e. The number of amides is 2. The molecule has 1 aromatic rings. The lowest BCUT2D eigenvalue weighted by Gasteiger charge is -2.31. The fourth-order valence-electron chi connectivity index (χ4n) is 2.13. The summed E-state index contributed by atoms with van der Waals surface area (Å²) >= 11 is 0. The van der Waals surface area contributed by atoms with Gasteiger partial charge in [0.2, 0.25) is 0 Å². The van der Waals surface area contributed by atoms with Crippen molar-refractivity contribution in [3.63, 3.8) is 0 Å². The highest BCUT2D eigenvalue weighted by Crippen LogP contribution is 2.09. The highest BCUT2D eigenvalue weighted by atomic mass is 16.5. The zero-order valence-corrected chi connectivity index (χ0v) is 11.2. The van der Waals surface area contributed by atoms with Gasteiger partial charge in [0.25, 0.3) is 0 Å². The summed E-state index contributed by atoms with van der Waals surface area (Å²) in [6, 6.07) is 8.75. The maximum absolute atomic E-state index is 11.9. The molecule has 0 spiro atoms. The van der Waals surface area contributed by atoms with Crippen LogP contribution in [0.15, 0.2) is 30.3 Å². The van der Waals surface area contributed by atoms with Crippen LogP contribution in [0.1, 0.15) is 18.4 Å². The van der Waals surface area contributed by atoms with E-state index in [0.29, 0.717) is 26.0 Å². The third-order valence-corrected chi connectivity index (χ3v) is 3.21. The molecule has 3 N–H and O–H groups in total. The first-order valence-corrected chi connectivity index (χ1v) is 6.70. The zero-order valence-electron chi connectivity index (χ0n) is 11.2. The highest BCUT2D eigenvalue weighted by molar-refractivity contribution is 5.77. The van der Waals surface area contributed by atoms with E-state index in [4.69, 9.17) is 10.5 Å². The van der Waals surface area contributed by atoms with E-state index in [-0.39, 0.29) is 5.97 Å². The molecule has 0 aromatic heterocycles. The number of primary amides is 1. The third-order valence-electron chi connectivity index (χ3n) is 3.21. The topological polar surface area (TPSA) is 84.7 Å². The normalized spacial score (nSPS) is 18.6. The van der Waals surface area contributed by atoms with Crippen molar-refractivity contribution >= 4 is 12.0 Å². The van der Waals surface area contributed by atoms with Crippen molar-refractivity contribution < 1.29 is 14.3 Å². The Hall–Kier alpha value is -2.08. The number of hydrogen-bond acceptors (Lipinski definition) is 4. The Morgan fingerprint density at radius 1 is 1.35 bits per heavy atom. The van der Waals surface area contributed by atoms with Gasteiger partial charge in [-0.05, 0) is 18.4 Å². The van der Waals surface area contributed by atoms with Crippen molar-refractivity contribution in [2.45, 2.75) is 25.3 Å². The fourth-order valence-corrected chi connectivity index (χ4v) is 2.13. The number of nitrogens with zero attached hydrogens (tertiary/aromatic N) is 1. The Morgan fingerprint density at radius 3 is 2.80 bits per heavy atom. The Balaban J connectivity index is 1.75. The minimum Gasteiger partial charge on any atom is -0.464 e. The second-order valence-corrected chi connectivity index (χ2v) is 4.72. The van der Waals surface area contributed by atoms with Crippen LogP contribution in [-0.4, -0.2) is 36.2 Å². The second kappa shape index (κ2) is 6.91. The molecule has 1 atom stereocenters. The first-order chi connectivity index (χ1) is 9.66. The lowest BCUT2D eigenvalue weighted by molar-refractivity contribution is -0.148. The Morgan fingerprint density at radius 2 is 2.10 bits per heavy atom. The van der Waals surface area contributed by atoms with Gasteiger partial charge in [0.05, 0.1) is 6.61 Å². The van der Waals surface area contributed by atoms with Gasteiger partial charge in [0.1, 0.15) is 6.04 Å². The SMILES string of the molecule is NC(=O)N1CCCC(C(=O)OCCc2ccccc2)N1. The summed E-state index contributed by atoms with van der Waals surface area (Å²) in [7, 11) is 0. The van der Waals surface area contributed by atoms with Crippen molar-refractivity contribution in [3.05, 3.63) is 35.9 Å². The van der Waals surface area contributed by atoms with Gasteiger partial charge in [0, 0.05) is 13.0 Å². The summed E-state index contributed by atoms with van der Waals surface area (Å²) in [5.74, 6) is -0.341. The van der Waals surface area contributed by atoms with E-state index >= 15 is 0 Å². The van der Waals surface area contributed by atoms with Crippen LogP contribution in [0.3, 0.4) is 0 Å². The predicted octanol–water partition coefficient (Wildman–Crippen LogP) is 0.820. The third kappa shape index (κ3) is 3.96. The van der Waals surface area contributed by atoms with Crippen molar-refractivity contribution in [2.24, 2.45) is 5.73 Å². The molecule has 2 amide bonds. The molecule has 108 valence electrons. The van der Waals surface area contributed by atoms with Crippen molar-refractivity contribution in [3.8, 4) is 0 Å². The number of carbonyl (C=O) groups is 2. The van der Waals surface area contributed by atoms with E-state index in [1.807, 2.05) is 30.3 Å². The lowest BCUT2D eigenvalue weighted by Crippen LogP contribution is -2.56. The molecule has 6 nitrogen and oxygen atoms in total. The first kappa shape index (κ1) is 14.3. The van der Waals surface area contributed by atoms with Crippen molar-refractivity contribution in [2.75, 3.05) is 13.2 Å². The van der Waals surface area contributed by atoms with E-state index in [0.717, 1.165) is 12.0 Å². The number of benzene rings is 1. The van der Waals surface area contributed by atoms with E-state index in [1.165, 1.54) is 5.01 Å². The van der Waals surface area contributed by atoms with E-state index in [9.17, 15) is 9.59 Å². The number of hydrazine groups is 1. The summed E-state index contributed by atoms with van der Waals surface area (Å²) in [6.45, 7) is 0.848. The van der Waals surface area contributed by atoms with Crippen LogP contribution in [0.2, 0.25) is 0 Å². The monoisotopic (exact) mass is 277 g/mol. The molecule has 1 saturated heterocycles. The number of rotatable bonds is 4. The summed E-state index contributed by atoms with van der Waals surface area (Å²) in [5.41, 5.74) is 9.08. The van der Waals surface area contributed by atoms with Crippen molar-refractivity contribution in [1.29, 1.82) is 0 Å². The number of ether oxygens (including phenoxy) is 1. The number of hydrogen-bond donors (Lipinski definition) is 2. The Labute approximate surface area is 117 Å². The van der Waals surface area contributed by atoms with Crippen LogP contribution in [-0.2, 0) is 16.0 Å². The quantitative estimate of drug-likeness (QED) is 0.798. The molecule has 20 heavy (non-hydrogen) atoms. The zero-order chi connectivity index (χ0) is 14.4. The molecule has 2 rings (SSSR count). The molecule has 1 aromatic carbocycles. The van der Waals surface area contributed by atoms with Gasteiger partial charge in [-0.1, -0.05) is 30.3 Å². The van der Waals surface area contributed by atoms with Gasteiger partial charge < -0.3 is 10.5 Å². The van der Waals surface area contributed by atoms with Crippen LogP contribution in [0.4, 0.5) is 4.79 Å². The van der Waals surface area contributed by atoms with Gasteiger partial charge in [-0.2, -0.15) is 0 Å². The Bertz CT molecular complexity index is 464. The molecule has 0 saturated carbocycles. The second-order valence-electron chi connectivity index (χ2n) is 4.72. The molecule has 6 heteroatoms. The van der Waals surface area contributed by atoms with Crippen LogP contribution in [0.25, 0.3) is 0 Å². The molecular formula is C14H19N3O3. The van der Waals surface area contributed by atoms with Gasteiger partial charge in [-0.3, -0.25) is 9.80 Å². The number of esters is 1. The van der Waals surface area contributed by atoms with Crippen LogP contribution in [0, 0.1) is 0 Å². The highest BCUT2D eigenvalue weighted by Gasteiger charge is 2.27. The van der Waals surface area contributed by atoms with Crippen LogP contribution in [0.5, 0.6) is 0 Å². The number of urea groups is 1.